The third-order valence-electron chi connectivity index (χ3n) is 5.32. The summed E-state index contributed by atoms with van der Waals surface area (Å²) in [5, 5.41) is 2.10. The van der Waals surface area contributed by atoms with Gasteiger partial charge < -0.3 is 16.2 Å². The number of halogens is 2. The van der Waals surface area contributed by atoms with Gasteiger partial charge >= 0.3 is 0 Å². The highest BCUT2D eigenvalue weighted by atomic mass is 35.5. The molecule has 3 aromatic rings. The minimum absolute atomic E-state index is 0.167. The largest absolute Gasteiger partial charge is 0.492 e. The first kappa shape index (κ1) is 20.0. The smallest absolute Gasteiger partial charge is 0.222 e. The number of benzene rings is 2. The van der Waals surface area contributed by atoms with E-state index in [9.17, 15) is 0 Å². The number of aromatic nitrogens is 2. The van der Waals surface area contributed by atoms with Gasteiger partial charge in [0.25, 0.3) is 0 Å². The van der Waals surface area contributed by atoms with Crippen LogP contribution >= 0.6 is 23.2 Å². The van der Waals surface area contributed by atoms with Gasteiger partial charge in [-0.1, -0.05) is 35.3 Å². The van der Waals surface area contributed by atoms with Crippen molar-refractivity contribution in [3.05, 3.63) is 52.0 Å². The molecule has 8 heteroatoms. The minimum Gasteiger partial charge on any atom is -0.492 e. The number of hydrogen-bond donors (Lipinski definition) is 2. The lowest BCUT2D eigenvalue weighted by molar-refractivity contribution is 0.137. The van der Waals surface area contributed by atoms with Gasteiger partial charge in [-0.2, -0.15) is 4.98 Å². The van der Waals surface area contributed by atoms with Crippen molar-refractivity contribution in [3.8, 4) is 5.75 Å². The van der Waals surface area contributed by atoms with Crippen LogP contribution in [0.1, 0.15) is 18.4 Å². The Labute approximate surface area is 179 Å². The molecule has 0 unspecified atom stereocenters. The van der Waals surface area contributed by atoms with Gasteiger partial charge in [-0.3, -0.25) is 4.90 Å². The second kappa shape index (κ2) is 8.61. The van der Waals surface area contributed by atoms with Crippen LogP contribution in [0.4, 0.5) is 11.8 Å². The number of fused-ring (bicyclic) bond motifs is 1. The van der Waals surface area contributed by atoms with Crippen molar-refractivity contribution in [2.75, 3.05) is 31.2 Å². The van der Waals surface area contributed by atoms with E-state index in [0.717, 1.165) is 48.4 Å². The standard InChI is InChI=1S/C21H23Cl2N5O/c22-15-5-4-14(16(23)10-15)11-28-8-6-13(7-9-28)12-29-18-3-1-2-17-19(18)20(24)27-21(25)26-17/h1-5,10,13H,6-9,11-12H2,(H4,24,25,26,27). The number of ether oxygens (including phenoxy) is 1. The highest BCUT2D eigenvalue weighted by Crippen LogP contribution is 2.30. The number of nitrogens with zero attached hydrogens (tertiary/aromatic N) is 3. The van der Waals surface area contributed by atoms with Gasteiger partial charge in [0, 0.05) is 16.6 Å². The Balaban J connectivity index is 1.34. The van der Waals surface area contributed by atoms with Crippen molar-refractivity contribution in [2.24, 2.45) is 5.92 Å². The molecule has 4 rings (SSSR count). The first-order chi connectivity index (χ1) is 14.0. The summed E-state index contributed by atoms with van der Waals surface area (Å²) in [4.78, 5) is 10.7. The Morgan fingerprint density at radius 2 is 1.86 bits per heavy atom. The lowest BCUT2D eigenvalue weighted by Gasteiger charge is -2.32. The molecule has 1 fully saturated rings. The van der Waals surface area contributed by atoms with Crippen LogP contribution in [0.15, 0.2) is 36.4 Å². The summed E-state index contributed by atoms with van der Waals surface area (Å²) in [6.07, 6.45) is 2.13. The fourth-order valence-electron chi connectivity index (χ4n) is 3.73. The van der Waals surface area contributed by atoms with E-state index in [1.54, 1.807) is 6.07 Å². The number of likely N-dealkylation sites (tertiary alicyclic amines) is 1. The summed E-state index contributed by atoms with van der Waals surface area (Å²) >= 11 is 12.3. The van der Waals surface area contributed by atoms with Crippen molar-refractivity contribution in [1.82, 2.24) is 14.9 Å². The first-order valence-corrected chi connectivity index (χ1v) is 10.4. The van der Waals surface area contributed by atoms with Gasteiger partial charge in [-0.05, 0) is 61.7 Å². The van der Waals surface area contributed by atoms with Crippen LogP contribution in [0.2, 0.25) is 10.0 Å². The molecule has 1 aliphatic rings. The molecule has 0 spiro atoms. The van der Waals surface area contributed by atoms with E-state index < -0.39 is 0 Å². The predicted molar refractivity (Wildman–Crippen MR) is 118 cm³/mol. The molecule has 1 saturated heterocycles. The summed E-state index contributed by atoms with van der Waals surface area (Å²) in [5.74, 6) is 1.70. The number of nitrogen functional groups attached to an aromatic ring is 2. The Hall–Kier alpha value is -2.28. The number of rotatable bonds is 5. The zero-order valence-electron chi connectivity index (χ0n) is 15.9. The van der Waals surface area contributed by atoms with Crippen molar-refractivity contribution in [1.29, 1.82) is 0 Å². The third kappa shape index (κ3) is 4.66. The quantitative estimate of drug-likeness (QED) is 0.622. The molecule has 2 heterocycles. The molecule has 4 N–H and O–H groups in total. The number of nitrogens with two attached hydrogens (primary N) is 2. The number of anilines is 2. The fourth-order valence-corrected chi connectivity index (χ4v) is 4.20. The van der Waals surface area contributed by atoms with Crippen LogP contribution in [0.25, 0.3) is 10.9 Å². The average molecular weight is 432 g/mol. The van der Waals surface area contributed by atoms with E-state index in [2.05, 4.69) is 14.9 Å². The minimum atomic E-state index is 0.167. The predicted octanol–water partition coefficient (Wildman–Crippen LogP) is 4.39. The Kier molecular flexibility index (Phi) is 5.94. The number of hydrogen-bond acceptors (Lipinski definition) is 6. The third-order valence-corrected chi connectivity index (χ3v) is 5.91. The lowest BCUT2D eigenvalue weighted by atomic mass is 9.97. The molecule has 0 bridgehead atoms. The van der Waals surface area contributed by atoms with E-state index in [1.807, 2.05) is 30.3 Å². The molecule has 0 saturated carbocycles. The fraction of sp³-hybridized carbons (Fsp3) is 0.333. The molecule has 1 aromatic heterocycles. The maximum atomic E-state index is 6.31. The highest BCUT2D eigenvalue weighted by Gasteiger charge is 2.21. The summed E-state index contributed by atoms with van der Waals surface area (Å²) in [6, 6.07) is 11.3. The normalized spacial score (nSPS) is 15.7. The van der Waals surface area contributed by atoms with E-state index >= 15 is 0 Å². The molecule has 0 atom stereocenters. The first-order valence-electron chi connectivity index (χ1n) is 9.60. The lowest BCUT2D eigenvalue weighted by Crippen LogP contribution is -2.35. The van der Waals surface area contributed by atoms with Gasteiger partial charge in [0.15, 0.2) is 0 Å². The zero-order chi connectivity index (χ0) is 20.4. The van der Waals surface area contributed by atoms with Gasteiger partial charge in [0.2, 0.25) is 5.95 Å². The molecule has 152 valence electrons. The second-order valence-electron chi connectivity index (χ2n) is 7.38. The molecule has 2 aromatic carbocycles. The summed E-state index contributed by atoms with van der Waals surface area (Å²) in [7, 11) is 0. The van der Waals surface area contributed by atoms with E-state index in [-0.39, 0.29) is 5.95 Å². The highest BCUT2D eigenvalue weighted by molar-refractivity contribution is 6.35. The van der Waals surface area contributed by atoms with Crippen molar-refractivity contribution < 1.29 is 4.74 Å². The van der Waals surface area contributed by atoms with E-state index in [4.69, 9.17) is 39.4 Å². The maximum Gasteiger partial charge on any atom is 0.222 e. The molecule has 29 heavy (non-hydrogen) atoms. The van der Waals surface area contributed by atoms with E-state index in [1.165, 1.54) is 0 Å². The van der Waals surface area contributed by atoms with Crippen LogP contribution in [-0.4, -0.2) is 34.6 Å². The second-order valence-corrected chi connectivity index (χ2v) is 8.23. The molecule has 6 nitrogen and oxygen atoms in total. The van der Waals surface area contributed by atoms with Crippen LogP contribution in [0.3, 0.4) is 0 Å². The van der Waals surface area contributed by atoms with Crippen LogP contribution in [-0.2, 0) is 6.54 Å². The maximum absolute atomic E-state index is 6.31. The molecule has 0 radical (unpaired) electrons. The van der Waals surface area contributed by atoms with Crippen molar-refractivity contribution in [2.45, 2.75) is 19.4 Å². The summed E-state index contributed by atoms with van der Waals surface area (Å²) in [5.41, 5.74) is 13.5. The molecule has 0 aliphatic carbocycles. The monoisotopic (exact) mass is 431 g/mol. The van der Waals surface area contributed by atoms with E-state index in [0.29, 0.717) is 34.6 Å². The summed E-state index contributed by atoms with van der Waals surface area (Å²) in [6.45, 7) is 3.48. The molecular formula is C21H23Cl2N5O. The zero-order valence-corrected chi connectivity index (χ0v) is 17.5. The SMILES string of the molecule is Nc1nc(N)c2c(OCC3CCN(Cc4ccc(Cl)cc4Cl)CC3)cccc2n1. The van der Waals surface area contributed by atoms with Crippen molar-refractivity contribution >= 4 is 45.9 Å². The van der Waals surface area contributed by atoms with Gasteiger partial charge in [0.05, 0.1) is 17.5 Å². The Bertz CT molecular complexity index is 1020. The van der Waals surface area contributed by atoms with Crippen LogP contribution in [0, 0.1) is 5.92 Å². The molecular weight excluding hydrogens is 409 g/mol. The van der Waals surface area contributed by atoms with Gasteiger partial charge in [-0.15, -0.1) is 0 Å². The Morgan fingerprint density at radius 3 is 2.62 bits per heavy atom. The number of piperidine rings is 1. The summed E-state index contributed by atoms with van der Waals surface area (Å²) < 4.78 is 6.11. The molecule has 0 amide bonds. The van der Waals surface area contributed by atoms with Crippen LogP contribution in [0.5, 0.6) is 5.75 Å². The topological polar surface area (TPSA) is 90.3 Å². The average Bonchev–Trinajstić information content (AvgIpc) is 2.69. The van der Waals surface area contributed by atoms with Crippen molar-refractivity contribution in [3.63, 3.8) is 0 Å². The van der Waals surface area contributed by atoms with Gasteiger partial charge in [0.1, 0.15) is 11.6 Å². The molecule has 1 aliphatic heterocycles. The Morgan fingerprint density at radius 1 is 1.07 bits per heavy atom. The van der Waals surface area contributed by atoms with Crippen LogP contribution < -0.4 is 16.2 Å². The van der Waals surface area contributed by atoms with Gasteiger partial charge in [-0.25, -0.2) is 4.98 Å².